The van der Waals surface area contributed by atoms with E-state index >= 15 is 0 Å². The third-order valence-electron chi connectivity index (χ3n) is 2.46. The molecule has 4 nitrogen and oxygen atoms in total. The first kappa shape index (κ1) is 13.4. The van der Waals surface area contributed by atoms with Crippen LogP contribution in [0.5, 0.6) is 0 Å². The maximum absolute atomic E-state index is 10.5. The average Bonchev–Trinajstić information content (AvgIpc) is 2.16. The summed E-state index contributed by atoms with van der Waals surface area (Å²) in [7, 11) is 0. The highest BCUT2D eigenvalue weighted by Gasteiger charge is 2.19. The lowest BCUT2D eigenvalue weighted by Crippen LogP contribution is -2.38. The van der Waals surface area contributed by atoms with E-state index in [1.54, 1.807) is 0 Å². The zero-order valence-electron chi connectivity index (χ0n) is 9.39. The summed E-state index contributed by atoms with van der Waals surface area (Å²) in [6.45, 7) is 7.96. The van der Waals surface area contributed by atoms with Gasteiger partial charge in [-0.25, -0.2) is 0 Å². The normalized spacial score (nSPS) is 14.9. The Morgan fingerprint density at radius 3 is 2.50 bits per heavy atom. The highest BCUT2D eigenvalue weighted by molar-refractivity contribution is 5.72. The van der Waals surface area contributed by atoms with Crippen molar-refractivity contribution in [2.75, 3.05) is 26.2 Å². The second-order valence-corrected chi connectivity index (χ2v) is 3.98. The minimum absolute atomic E-state index is 0.00721. The number of rotatable bonds is 7. The lowest BCUT2D eigenvalue weighted by Gasteiger charge is -2.25. The first-order valence-electron chi connectivity index (χ1n) is 5.10. The SMILES string of the molecule is CCC(C)(CO)CNCCNC(C)=O. The van der Waals surface area contributed by atoms with E-state index in [4.69, 9.17) is 5.11 Å². The molecule has 0 saturated heterocycles. The Labute approximate surface area is 86.1 Å². The number of hydrogen-bond donors (Lipinski definition) is 3. The number of carbonyl (C=O) groups excluding carboxylic acids is 1. The predicted octanol–water partition coefficient (Wildman–Crippen LogP) is 0.121. The van der Waals surface area contributed by atoms with Crippen LogP contribution in [0.3, 0.4) is 0 Å². The zero-order valence-corrected chi connectivity index (χ0v) is 9.39. The van der Waals surface area contributed by atoms with Gasteiger partial charge in [0.25, 0.3) is 0 Å². The zero-order chi connectivity index (χ0) is 11.0. The molecule has 3 N–H and O–H groups in total. The van der Waals surface area contributed by atoms with E-state index in [1.807, 2.05) is 6.92 Å². The molecule has 0 fully saturated rings. The van der Waals surface area contributed by atoms with Crippen molar-refractivity contribution < 1.29 is 9.90 Å². The molecule has 0 aliphatic rings. The lowest BCUT2D eigenvalue weighted by atomic mass is 9.89. The highest BCUT2D eigenvalue weighted by atomic mass is 16.3. The van der Waals surface area contributed by atoms with Crippen molar-refractivity contribution in [3.8, 4) is 0 Å². The number of amides is 1. The second kappa shape index (κ2) is 6.79. The van der Waals surface area contributed by atoms with E-state index in [-0.39, 0.29) is 17.9 Å². The third kappa shape index (κ3) is 5.94. The van der Waals surface area contributed by atoms with Crippen LogP contribution in [0.1, 0.15) is 27.2 Å². The quantitative estimate of drug-likeness (QED) is 0.514. The molecule has 0 aromatic carbocycles. The molecule has 0 bridgehead atoms. The van der Waals surface area contributed by atoms with E-state index in [1.165, 1.54) is 6.92 Å². The average molecular weight is 202 g/mol. The molecule has 0 rings (SSSR count). The summed E-state index contributed by atoms with van der Waals surface area (Å²) in [6, 6.07) is 0. The van der Waals surface area contributed by atoms with Gasteiger partial charge in [-0.3, -0.25) is 4.79 Å². The minimum atomic E-state index is -0.0454. The van der Waals surface area contributed by atoms with Gasteiger partial charge in [0.1, 0.15) is 0 Å². The Morgan fingerprint density at radius 2 is 2.07 bits per heavy atom. The summed E-state index contributed by atoms with van der Waals surface area (Å²) in [6.07, 6.45) is 0.941. The number of hydrogen-bond acceptors (Lipinski definition) is 3. The summed E-state index contributed by atoms with van der Waals surface area (Å²) in [5.41, 5.74) is -0.0454. The molecule has 0 radical (unpaired) electrons. The van der Waals surface area contributed by atoms with Gasteiger partial charge < -0.3 is 15.7 Å². The third-order valence-corrected chi connectivity index (χ3v) is 2.46. The van der Waals surface area contributed by atoms with Crippen LogP contribution in [0.15, 0.2) is 0 Å². The molecule has 0 aliphatic carbocycles. The summed E-state index contributed by atoms with van der Waals surface area (Å²) in [5.74, 6) is -0.00721. The standard InChI is InChI=1S/C10H22N2O2/c1-4-10(3,8-13)7-11-5-6-12-9(2)14/h11,13H,4-8H2,1-3H3,(H,12,14). The number of aliphatic hydroxyl groups is 1. The van der Waals surface area contributed by atoms with Crippen LogP contribution < -0.4 is 10.6 Å². The largest absolute Gasteiger partial charge is 0.396 e. The monoisotopic (exact) mass is 202 g/mol. The molecule has 4 heteroatoms. The van der Waals surface area contributed by atoms with Crippen LogP contribution in [-0.2, 0) is 4.79 Å². The van der Waals surface area contributed by atoms with E-state index in [0.29, 0.717) is 6.54 Å². The molecule has 1 atom stereocenters. The van der Waals surface area contributed by atoms with Crippen molar-refractivity contribution in [1.29, 1.82) is 0 Å². The molecule has 14 heavy (non-hydrogen) atoms. The maximum Gasteiger partial charge on any atom is 0.216 e. The molecular formula is C10H22N2O2. The van der Waals surface area contributed by atoms with Crippen molar-refractivity contribution in [3.05, 3.63) is 0 Å². The maximum atomic E-state index is 10.5. The molecule has 84 valence electrons. The number of nitrogens with one attached hydrogen (secondary N) is 2. The summed E-state index contributed by atoms with van der Waals surface area (Å²) >= 11 is 0. The van der Waals surface area contributed by atoms with Crippen LogP contribution in [0.2, 0.25) is 0 Å². The summed E-state index contributed by atoms with van der Waals surface area (Å²) in [4.78, 5) is 10.5. The van der Waals surface area contributed by atoms with Crippen LogP contribution in [0.4, 0.5) is 0 Å². The van der Waals surface area contributed by atoms with Gasteiger partial charge in [0.2, 0.25) is 5.91 Å². The van der Waals surface area contributed by atoms with E-state index < -0.39 is 0 Å². The van der Waals surface area contributed by atoms with Crippen molar-refractivity contribution in [2.24, 2.45) is 5.41 Å². The second-order valence-electron chi connectivity index (χ2n) is 3.98. The Bertz CT molecular complexity index is 168. The van der Waals surface area contributed by atoms with E-state index in [0.717, 1.165) is 19.5 Å². The van der Waals surface area contributed by atoms with Gasteiger partial charge in [0.05, 0.1) is 0 Å². The number of aliphatic hydroxyl groups excluding tert-OH is 1. The van der Waals surface area contributed by atoms with Gasteiger partial charge in [0.15, 0.2) is 0 Å². The minimum Gasteiger partial charge on any atom is -0.396 e. The molecule has 0 aromatic heterocycles. The fraction of sp³-hybridized carbons (Fsp3) is 0.900. The van der Waals surface area contributed by atoms with Gasteiger partial charge in [-0.15, -0.1) is 0 Å². The van der Waals surface area contributed by atoms with Crippen LogP contribution >= 0.6 is 0 Å². The van der Waals surface area contributed by atoms with Crippen molar-refractivity contribution in [2.45, 2.75) is 27.2 Å². The molecule has 1 unspecified atom stereocenters. The molecule has 0 aromatic rings. The topological polar surface area (TPSA) is 61.4 Å². The lowest BCUT2D eigenvalue weighted by molar-refractivity contribution is -0.118. The van der Waals surface area contributed by atoms with Crippen LogP contribution in [-0.4, -0.2) is 37.3 Å². The summed E-state index contributed by atoms with van der Waals surface area (Å²) in [5, 5.41) is 15.0. The molecule has 0 aliphatic heterocycles. The van der Waals surface area contributed by atoms with Gasteiger partial charge in [-0.1, -0.05) is 13.8 Å². The van der Waals surface area contributed by atoms with E-state index in [2.05, 4.69) is 17.6 Å². The molecule has 1 amide bonds. The smallest absolute Gasteiger partial charge is 0.216 e. The Kier molecular flexibility index (Phi) is 6.49. The fourth-order valence-electron chi connectivity index (χ4n) is 1.01. The van der Waals surface area contributed by atoms with Crippen molar-refractivity contribution in [3.63, 3.8) is 0 Å². The molecule has 0 heterocycles. The van der Waals surface area contributed by atoms with Crippen molar-refractivity contribution in [1.82, 2.24) is 10.6 Å². The molecular weight excluding hydrogens is 180 g/mol. The fourth-order valence-corrected chi connectivity index (χ4v) is 1.01. The van der Waals surface area contributed by atoms with Crippen molar-refractivity contribution >= 4 is 5.91 Å². The molecule has 0 saturated carbocycles. The Balaban J connectivity index is 3.47. The highest BCUT2D eigenvalue weighted by Crippen LogP contribution is 2.17. The number of carbonyl (C=O) groups is 1. The van der Waals surface area contributed by atoms with Gasteiger partial charge in [-0.2, -0.15) is 0 Å². The Morgan fingerprint density at radius 1 is 1.43 bits per heavy atom. The molecule has 0 spiro atoms. The van der Waals surface area contributed by atoms with Gasteiger partial charge in [0, 0.05) is 38.6 Å². The Hall–Kier alpha value is -0.610. The predicted molar refractivity (Wildman–Crippen MR) is 57.0 cm³/mol. The first-order valence-corrected chi connectivity index (χ1v) is 5.10. The summed E-state index contributed by atoms with van der Waals surface area (Å²) < 4.78 is 0. The first-order chi connectivity index (χ1) is 6.54. The van der Waals surface area contributed by atoms with Crippen LogP contribution in [0.25, 0.3) is 0 Å². The van der Waals surface area contributed by atoms with Crippen LogP contribution in [0, 0.1) is 5.41 Å². The van der Waals surface area contributed by atoms with E-state index in [9.17, 15) is 4.79 Å². The van der Waals surface area contributed by atoms with Gasteiger partial charge >= 0.3 is 0 Å². The van der Waals surface area contributed by atoms with Gasteiger partial charge in [-0.05, 0) is 6.42 Å².